The molecule has 0 atom stereocenters. The fraction of sp³-hybridized carbons (Fsp3) is 0.125. The molecule has 0 aliphatic heterocycles. The van der Waals surface area contributed by atoms with Gasteiger partial charge in [-0.1, -0.05) is 0 Å². The van der Waals surface area contributed by atoms with E-state index in [4.69, 9.17) is 16.6 Å². The number of hydrazone groups is 1. The van der Waals surface area contributed by atoms with E-state index in [1.165, 1.54) is 0 Å². The molecule has 0 aliphatic carbocycles. The van der Waals surface area contributed by atoms with Gasteiger partial charge in [-0.05, 0) is 31.3 Å². The first-order valence-electron chi connectivity index (χ1n) is 4.24. The maximum absolute atomic E-state index is 5.28. The molecule has 0 spiro atoms. The van der Waals surface area contributed by atoms with Crippen molar-refractivity contribution in [3.05, 3.63) is 28.4 Å². The Kier molecular flexibility index (Phi) is 2.64. The molecule has 0 saturated carbocycles. The van der Waals surface area contributed by atoms with E-state index in [9.17, 15) is 0 Å². The van der Waals surface area contributed by atoms with Crippen LogP contribution in [0, 0.1) is 11.7 Å². The standard InChI is InChI=1S/C8H9N5OS/c1-5-2-3-6(14-5)4-9-11-7-10-8(15)13-12-7/h2-4H,1H3,(H3,10,11,12,13,15)/b9-4-. The van der Waals surface area contributed by atoms with Crippen LogP contribution in [0.15, 0.2) is 21.7 Å². The summed E-state index contributed by atoms with van der Waals surface area (Å²) >= 11 is 4.77. The quantitative estimate of drug-likeness (QED) is 0.421. The first-order chi connectivity index (χ1) is 7.24. The molecule has 2 heterocycles. The second-order valence-electron chi connectivity index (χ2n) is 2.83. The number of rotatable bonds is 3. The number of hydrogen-bond acceptors (Lipinski definition) is 5. The molecule has 0 fully saturated rings. The van der Waals surface area contributed by atoms with Crippen LogP contribution < -0.4 is 5.43 Å². The third-order valence-corrected chi connectivity index (χ3v) is 1.82. The number of furan rings is 1. The van der Waals surface area contributed by atoms with Crippen molar-refractivity contribution in [1.29, 1.82) is 0 Å². The van der Waals surface area contributed by atoms with Crippen LogP contribution in [0.5, 0.6) is 0 Å². The van der Waals surface area contributed by atoms with E-state index in [-0.39, 0.29) is 0 Å². The molecule has 0 radical (unpaired) electrons. The van der Waals surface area contributed by atoms with Crippen molar-refractivity contribution >= 4 is 24.4 Å². The Morgan fingerprint density at radius 3 is 3.00 bits per heavy atom. The van der Waals surface area contributed by atoms with Crippen LogP contribution in [0.1, 0.15) is 11.5 Å². The van der Waals surface area contributed by atoms with Gasteiger partial charge < -0.3 is 4.42 Å². The van der Waals surface area contributed by atoms with Gasteiger partial charge in [0.15, 0.2) is 0 Å². The van der Waals surface area contributed by atoms with Crippen molar-refractivity contribution in [3.8, 4) is 0 Å². The summed E-state index contributed by atoms with van der Waals surface area (Å²) in [6, 6.07) is 3.69. The zero-order chi connectivity index (χ0) is 10.7. The third kappa shape index (κ3) is 2.53. The number of hydrogen-bond donors (Lipinski definition) is 3. The number of H-pyrrole nitrogens is 2. The second-order valence-corrected chi connectivity index (χ2v) is 3.22. The van der Waals surface area contributed by atoms with E-state index in [0.717, 1.165) is 5.76 Å². The van der Waals surface area contributed by atoms with E-state index in [1.807, 2.05) is 19.1 Å². The highest BCUT2D eigenvalue weighted by Crippen LogP contribution is 2.03. The molecule has 0 amide bonds. The Morgan fingerprint density at radius 1 is 1.53 bits per heavy atom. The van der Waals surface area contributed by atoms with E-state index >= 15 is 0 Å². The largest absolute Gasteiger partial charge is 0.460 e. The van der Waals surface area contributed by atoms with Gasteiger partial charge in [0.05, 0.1) is 6.21 Å². The normalized spacial score (nSPS) is 11.0. The number of nitrogens with one attached hydrogen (secondary N) is 3. The van der Waals surface area contributed by atoms with Crippen molar-refractivity contribution in [2.24, 2.45) is 5.10 Å². The lowest BCUT2D eigenvalue weighted by atomic mass is 10.4. The number of aromatic amines is 2. The van der Waals surface area contributed by atoms with Crippen molar-refractivity contribution in [3.63, 3.8) is 0 Å². The van der Waals surface area contributed by atoms with Gasteiger partial charge in [0.1, 0.15) is 11.5 Å². The summed E-state index contributed by atoms with van der Waals surface area (Å²) in [5.41, 5.74) is 2.67. The highest BCUT2D eigenvalue weighted by atomic mass is 32.1. The molecule has 0 aliphatic rings. The zero-order valence-electron chi connectivity index (χ0n) is 7.94. The average molecular weight is 223 g/mol. The first-order valence-corrected chi connectivity index (χ1v) is 4.65. The molecule has 0 bridgehead atoms. The molecule has 0 unspecified atom stereocenters. The van der Waals surface area contributed by atoms with E-state index < -0.39 is 0 Å². The van der Waals surface area contributed by atoms with Gasteiger partial charge in [-0.2, -0.15) is 10.1 Å². The van der Waals surface area contributed by atoms with Gasteiger partial charge in [-0.15, -0.1) is 0 Å². The van der Waals surface area contributed by atoms with Crippen molar-refractivity contribution < 1.29 is 4.42 Å². The van der Waals surface area contributed by atoms with Gasteiger partial charge in [-0.3, -0.25) is 10.2 Å². The fourth-order valence-electron chi connectivity index (χ4n) is 1.00. The third-order valence-electron chi connectivity index (χ3n) is 1.62. The maximum atomic E-state index is 5.28. The molecule has 3 N–H and O–H groups in total. The van der Waals surface area contributed by atoms with Gasteiger partial charge in [0.25, 0.3) is 0 Å². The topological polar surface area (TPSA) is 82.0 Å². The smallest absolute Gasteiger partial charge is 0.238 e. The molecule has 2 rings (SSSR count). The van der Waals surface area contributed by atoms with Crippen LogP contribution in [0.4, 0.5) is 5.95 Å². The molecule has 0 saturated heterocycles. The summed E-state index contributed by atoms with van der Waals surface area (Å²) in [4.78, 5) is 3.90. The van der Waals surface area contributed by atoms with Gasteiger partial charge in [0.2, 0.25) is 10.7 Å². The lowest BCUT2D eigenvalue weighted by Crippen LogP contribution is -1.91. The fourth-order valence-corrected chi connectivity index (χ4v) is 1.15. The highest BCUT2D eigenvalue weighted by molar-refractivity contribution is 7.71. The van der Waals surface area contributed by atoms with Crippen molar-refractivity contribution in [2.45, 2.75) is 6.92 Å². The van der Waals surface area contributed by atoms with Crippen LogP contribution in [-0.4, -0.2) is 21.4 Å². The predicted molar refractivity (Wildman–Crippen MR) is 58.4 cm³/mol. The first kappa shape index (κ1) is 9.66. The summed E-state index contributed by atoms with van der Waals surface area (Å²) in [6.45, 7) is 1.87. The molecule has 78 valence electrons. The summed E-state index contributed by atoms with van der Waals surface area (Å²) in [5, 5.41) is 9.25. The Hall–Kier alpha value is -1.89. The van der Waals surface area contributed by atoms with E-state index in [2.05, 4.69) is 25.7 Å². The second kappa shape index (κ2) is 4.09. The zero-order valence-corrected chi connectivity index (χ0v) is 8.76. The minimum absolute atomic E-state index is 0.376. The lowest BCUT2D eigenvalue weighted by Gasteiger charge is -1.90. The Labute approximate surface area is 90.4 Å². The molecular formula is C8H9N5OS. The highest BCUT2D eigenvalue weighted by Gasteiger charge is 1.94. The monoisotopic (exact) mass is 223 g/mol. The summed E-state index contributed by atoms with van der Waals surface area (Å²) in [7, 11) is 0. The van der Waals surface area contributed by atoms with Crippen LogP contribution in [0.2, 0.25) is 0 Å². The Morgan fingerprint density at radius 2 is 2.40 bits per heavy atom. The summed E-state index contributed by atoms with van der Waals surface area (Å²) in [5.74, 6) is 1.98. The minimum atomic E-state index is 0.376. The molecule has 7 heteroatoms. The molecule has 2 aromatic heterocycles. The molecule has 15 heavy (non-hydrogen) atoms. The number of nitrogens with zero attached hydrogens (tertiary/aromatic N) is 2. The lowest BCUT2D eigenvalue weighted by molar-refractivity contribution is 0.528. The minimum Gasteiger partial charge on any atom is -0.460 e. The summed E-state index contributed by atoms with van der Waals surface area (Å²) < 4.78 is 5.65. The number of aryl methyl sites for hydroxylation is 1. The molecule has 6 nitrogen and oxygen atoms in total. The maximum Gasteiger partial charge on any atom is 0.238 e. The van der Waals surface area contributed by atoms with Crippen LogP contribution in [0.3, 0.4) is 0 Å². The number of aromatic nitrogens is 3. The van der Waals surface area contributed by atoms with Crippen LogP contribution in [-0.2, 0) is 0 Å². The van der Waals surface area contributed by atoms with E-state index in [0.29, 0.717) is 16.5 Å². The Balaban J connectivity index is 1.98. The summed E-state index contributed by atoms with van der Waals surface area (Å²) in [6.07, 6.45) is 1.55. The van der Waals surface area contributed by atoms with Crippen molar-refractivity contribution in [2.75, 3.05) is 5.43 Å². The van der Waals surface area contributed by atoms with Crippen LogP contribution in [0.25, 0.3) is 0 Å². The van der Waals surface area contributed by atoms with Crippen LogP contribution >= 0.6 is 12.2 Å². The van der Waals surface area contributed by atoms with E-state index in [1.54, 1.807) is 6.21 Å². The van der Waals surface area contributed by atoms with Gasteiger partial charge >= 0.3 is 0 Å². The molecule has 0 aromatic carbocycles. The number of anilines is 1. The SMILES string of the molecule is Cc1ccc(/C=N\Nc2nc(=S)[nH][nH]2)o1. The molecule has 2 aromatic rings. The average Bonchev–Trinajstić information content (AvgIpc) is 2.76. The molecular weight excluding hydrogens is 214 g/mol. The van der Waals surface area contributed by atoms with Crippen molar-refractivity contribution in [1.82, 2.24) is 15.2 Å². The van der Waals surface area contributed by atoms with Gasteiger partial charge in [-0.25, -0.2) is 5.43 Å². The Bertz CT molecular complexity index is 523. The van der Waals surface area contributed by atoms with Gasteiger partial charge in [0, 0.05) is 0 Å². The predicted octanol–water partition coefficient (Wildman–Crippen LogP) is 1.81.